The first-order valence-electron chi connectivity index (χ1n) is 4.10. The molecule has 0 fully saturated rings. The lowest BCUT2D eigenvalue weighted by Crippen LogP contribution is -1.88. The van der Waals surface area contributed by atoms with Gasteiger partial charge in [-0.05, 0) is 18.9 Å². The van der Waals surface area contributed by atoms with E-state index in [1.165, 1.54) is 5.56 Å². The number of nitrogens with zero attached hydrogens (tertiary/aromatic N) is 2. The van der Waals surface area contributed by atoms with Crippen molar-refractivity contribution in [2.24, 2.45) is 0 Å². The normalized spacial score (nSPS) is 10.8. The topological polar surface area (TPSA) is 41.6 Å². The molecule has 2 heterocycles. The maximum atomic E-state index is 4.29. The van der Waals surface area contributed by atoms with Crippen molar-refractivity contribution in [1.82, 2.24) is 15.2 Å². The third kappa shape index (κ3) is 0.897. The average molecular weight is 161 g/mol. The van der Waals surface area contributed by atoms with Gasteiger partial charge in [0.05, 0.1) is 11.7 Å². The lowest BCUT2D eigenvalue weighted by atomic mass is 10.1. The van der Waals surface area contributed by atoms with Crippen LogP contribution in [0.1, 0.15) is 18.2 Å². The molecule has 0 aromatic carbocycles. The van der Waals surface area contributed by atoms with E-state index >= 15 is 0 Å². The third-order valence-corrected chi connectivity index (χ3v) is 2.15. The summed E-state index contributed by atoms with van der Waals surface area (Å²) in [6, 6.07) is 0. The van der Waals surface area contributed by atoms with Gasteiger partial charge in [-0.25, -0.2) is 0 Å². The first kappa shape index (κ1) is 7.28. The van der Waals surface area contributed by atoms with Crippen LogP contribution in [0.3, 0.4) is 0 Å². The number of hydrogen-bond donors (Lipinski definition) is 1. The van der Waals surface area contributed by atoms with Crippen molar-refractivity contribution in [2.45, 2.75) is 20.3 Å². The number of nitrogens with one attached hydrogen (secondary N) is 1. The summed E-state index contributed by atoms with van der Waals surface area (Å²) in [4.78, 5) is 4.29. The van der Waals surface area contributed by atoms with Crippen LogP contribution < -0.4 is 0 Å². The van der Waals surface area contributed by atoms with Crippen LogP contribution in [-0.4, -0.2) is 15.2 Å². The molecule has 3 heteroatoms. The Kier molecular flexibility index (Phi) is 1.57. The SMILES string of the molecule is CCc1cnc(C)c2cn[nH]c12. The second kappa shape index (κ2) is 2.59. The van der Waals surface area contributed by atoms with E-state index in [2.05, 4.69) is 22.1 Å². The summed E-state index contributed by atoms with van der Waals surface area (Å²) >= 11 is 0. The number of fused-ring (bicyclic) bond motifs is 1. The minimum absolute atomic E-state index is 0.992. The van der Waals surface area contributed by atoms with Crippen LogP contribution in [0.15, 0.2) is 12.4 Å². The molecule has 0 spiro atoms. The number of H-pyrrole nitrogens is 1. The quantitative estimate of drug-likeness (QED) is 0.693. The predicted molar refractivity (Wildman–Crippen MR) is 48.0 cm³/mol. The Hall–Kier alpha value is -1.38. The molecule has 0 saturated heterocycles. The van der Waals surface area contributed by atoms with Crippen molar-refractivity contribution in [1.29, 1.82) is 0 Å². The Labute approximate surface area is 70.8 Å². The number of pyridine rings is 1. The van der Waals surface area contributed by atoms with E-state index in [0.29, 0.717) is 0 Å². The lowest BCUT2D eigenvalue weighted by Gasteiger charge is -1.99. The van der Waals surface area contributed by atoms with Gasteiger partial charge in [0.25, 0.3) is 0 Å². The van der Waals surface area contributed by atoms with Crippen molar-refractivity contribution in [2.75, 3.05) is 0 Å². The zero-order chi connectivity index (χ0) is 8.55. The monoisotopic (exact) mass is 161 g/mol. The molecular weight excluding hydrogens is 150 g/mol. The van der Waals surface area contributed by atoms with Gasteiger partial charge in [0.2, 0.25) is 0 Å². The van der Waals surface area contributed by atoms with E-state index in [-0.39, 0.29) is 0 Å². The molecule has 2 aromatic heterocycles. The lowest BCUT2D eigenvalue weighted by molar-refractivity contribution is 1.07. The predicted octanol–water partition coefficient (Wildman–Crippen LogP) is 1.83. The van der Waals surface area contributed by atoms with Gasteiger partial charge in [0, 0.05) is 17.3 Å². The van der Waals surface area contributed by atoms with Crippen LogP contribution in [0.2, 0.25) is 0 Å². The molecule has 3 nitrogen and oxygen atoms in total. The highest BCUT2D eigenvalue weighted by molar-refractivity contribution is 5.82. The molecule has 2 rings (SSSR count). The van der Waals surface area contributed by atoms with Gasteiger partial charge in [-0.1, -0.05) is 6.92 Å². The first-order valence-corrected chi connectivity index (χ1v) is 4.10. The Morgan fingerprint density at radius 1 is 1.42 bits per heavy atom. The molecule has 0 amide bonds. The minimum atomic E-state index is 0.992. The zero-order valence-corrected chi connectivity index (χ0v) is 7.26. The van der Waals surface area contributed by atoms with Crippen LogP contribution in [0, 0.1) is 6.92 Å². The molecule has 0 radical (unpaired) electrons. The van der Waals surface area contributed by atoms with E-state index in [0.717, 1.165) is 23.0 Å². The van der Waals surface area contributed by atoms with Gasteiger partial charge >= 0.3 is 0 Å². The number of rotatable bonds is 1. The Morgan fingerprint density at radius 3 is 3.00 bits per heavy atom. The van der Waals surface area contributed by atoms with Crippen molar-refractivity contribution >= 4 is 10.9 Å². The fourth-order valence-corrected chi connectivity index (χ4v) is 1.38. The molecule has 0 aliphatic carbocycles. The minimum Gasteiger partial charge on any atom is -0.277 e. The molecule has 0 aliphatic heterocycles. The number of aromatic amines is 1. The van der Waals surface area contributed by atoms with Gasteiger partial charge < -0.3 is 0 Å². The van der Waals surface area contributed by atoms with E-state index < -0.39 is 0 Å². The average Bonchev–Trinajstić information content (AvgIpc) is 2.54. The standard InChI is InChI=1S/C9H11N3/c1-3-7-4-10-6(2)8-5-11-12-9(7)8/h4-5H,3H2,1-2H3,(H,11,12). The highest BCUT2D eigenvalue weighted by Gasteiger charge is 2.03. The Balaban J connectivity index is 2.82. The maximum Gasteiger partial charge on any atom is 0.0715 e. The zero-order valence-electron chi connectivity index (χ0n) is 7.26. The number of aryl methyl sites for hydroxylation is 2. The summed E-state index contributed by atoms with van der Waals surface area (Å²) in [5, 5.41) is 8.13. The third-order valence-electron chi connectivity index (χ3n) is 2.15. The summed E-state index contributed by atoms with van der Waals surface area (Å²) in [5.74, 6) is 0. The van der Waals surface area contributed by atoms with Crippen LogP contribution in [0.4, 0.5) is 0 Å². The summed E-state index contributed by atoms with van der Waals surface area (Å²) in [7, 11) is 0. The summed E-state index contributed by atoms with van der Waals surface area (Å²) < 4.78 is 0. The van der Waals surface area contributed by atoms with Gasteiger partial charge in [0.1, 0.15) is 0 Å². The smallest absolute Gasteiger partial charge is 0.0715 e. The summed E-state index contributed by atoms with van der Waals surface area (Å²) in [5.41, 5.74) is 3.40. The molecule has 0 aliphatic rings. The van der Waals surface area contributed by atoms with Crippen LogP contribution in [0.25, 0.3) is 10.9 Å². The van der Waals surface area contributed by atoms with Crippen LogP contribution >= 0.6 is 0 Å². The number of aromatic nitrogens is 3. The molecule has 62 valence electrons. The van der Waals surface area contributed by atoms with E-state index in [9.17, 15) is 0 Å². The Morgan fingerprint density at radius 2 is 2.25 bits per heavy atom. The van der Waals surface area contributed by atoms with Crippen molar-refractivity contribution < 1.29 is 0 Å². The first-order chi connectivity index (χ1) is 5.83. The van der Waals surface area contributed by atoms with Gasteiger partial charge in [-0.2, -0.15) is 5.10 Å². The van der Waals surface area contributed by atoms with Gasteiger partial charge in [-0.15, -0.1) is 0 Å². The van der Waals surface area contributed by atoms with E-state index in [4.69, 9.17) is 0 Å². The molecule has 2 aromatic rings. The van der Waals surface area contributed by atoms with Gasteiger partial charge in [-0.3, -0.25) is 10.1 Å². The van der Waals surface area contributed by atoms with Crippen molar-refractivity contribution in [3.05, 3.63) is 23.7 Å². The van der Waals surface area contributed by atoms with Crippen LogP contribution in [-0.2, 0) is 6.42 Å². The molecule has 0 saturated carbocycles. The van der Waals surface area contributed by atoms with Crippen molar-refractivity contribution in [3.8, 4) is 0 Å². The molecule has 0 bridgehead atoms. The largest absolute Gasteiger partial charge is 0.277 e. The van der Waals surface area contributed by atoms with Crippen LogP contribution in [0.5, 0.6) is 0 Å². The van der Waals surface area contributed by atoms with Gasteiger partial charge in [0.15, 0.2) is 0 Å². The molecule has 0 atom stereocenters. The second-order valence-corrected chi connectivity index (χ2v) is 2.88. The van der Waals surface area contributed by atoms with E-state index in [1.54, 1.807) is 0 Å². The molecular formula is C9H11N3. The molecule has 0 unspecified atom stereocenters. The fraction of sp³-hybridized carbons (Fsp3) is 0.333. The summed E-state index contributed by atoms with van der Waals surface area (Å²) in [6.07, 6.45) is 4.73. The molecule has 1 N–H and O–H groups in total. The highest BCUT2D eigenvalue weighted by Crippen LogP contribution is 2.17. The Bertz CT molecular complexity index is 403. The second-order valence-electron chi connectivity index (χ2n) is 2.88. The maximum absolute atomic E-state index is 4.29. The molecule has 12 heavy (non-hydrogen) atoms. The highest BCUT2D eigenvalue weighted by atomic mass is 15.1. The summed E-state index contributed by atoms with van der Waals surface area (Å²) in [6.45, 7) is 4.12. The van der Waals surface area contributed by atoms with E-state index in [1.807, 2.05) is 19.3 Å². The number of hydrogen-bond acceptors (Lipinski definition) is 2. The fourth-order valence-electron chi connectivity index (χ4n) is 1.38. The van der Waals surface area contributed by atoms with Crippen molar-refractivity contribution in [3.63, 3.8) is 0 Å².